The molecule has 1 saturated heterocycles. The Morgan fingerprint density at radius 2 is 1.72 bits per heavy atom. The second-order valence-corrected chi connectivity index (χ2v) is 8.03. The van der Waals surface area contributed by atoms with Crippen LogP contribution in [0.15, 0.2) is 36.4 Å². The molecule has 2 aliphatic rings. The average Bonchev–Trinajstić information content (AvgIpc) is 3.11. The largest absolute Gasteiger partial charge is 0.394 e. The molecule has 1 spiro atoms. The Bertz CT molecular complexity index is 884. The third-order valence-electron chi connectivity index (χ3n) is 5.94. The predicted octanol–water partition coefficient (Wildman–Crippen LogP) is 1.65. The first-order valence-corrected chi connectivity index (χ1v) is 10.1. The summed E-state index contributed by atoms with van der Waals surface area (Å²) in [4.78, 5) is 0. The van der Waals surface area contributed by atoms with Gasteiger partial charge in [0.05, 0.1) is 13.2 Å². The van der Waals surface area contributed by atoms with Gasteiger partial charge in [-0.15, -0.1) is 0 Å². The Hall–Kier alpha value is -1.51. The van der Waals surface area contributed by atoms with E-state index in [0.717, 1.165) is 23.1 Å². The quantitative estimate of drug-likeness (QED) is 0.600. The molecule has 2 aromatic rings. The molecule has 4 N–H and O–H groups in total. The number of aliphatic hydroxyl groups excluding tert-OH is 4. The lowest BCUT2D eigenvalue weighted by Gasteiger charge is -2.46. The molecule has 0 saturated carbocycles. The first-order valence-electron chi connectivity index (χ1n) is 9.76. The zero-order chi connectivity index (χ0) is 20.8. The SMILES string of the molecule is CCc1ccc(Cc2c(Cl)ccc3c2CO[C@]32O[C@H](CO)[C@@H](O)[C@H](O)[C@H]2O)cc1. The zero-order valence-corrected chi connectivity index (χ0v) is 16.8. The Labute approximate surface area is 174 Å². The summed E-state index contributed by atoms with van der Waals surface area (Å²) in [5.74, 6) is -1.66. The van der Waals surface area contributed by atoms with Crippen molar-refractivity contribution in [3.8, 4) is 0 Å². The fraction of sp³-hybridized carbons (Fsp3) is 0.455. The van der Waals surface area contributed by atoms with E-state index in [9.17, 15) is 20.4 Å². The summed E-state index contributed by atoms with van der Waals surface area (Å²) in [6.07, 6.45) is -3.99. The summed E-state index contributed by atoms with van der Waals surface area (Å²) in [5.41, 5.74) is 4.55. The number of aryl methyl sites for hydroxylation is 1. The van der Waals surface area contributed by atoms with Crippen molar-refractivity contribution >= 4 is 11.6 Å². The van der Waals surface area contributed by atoms with Crippen LogP contribution in [0.5, 0.6) is 0 Å². The number of benzene rings is 2. The van der Waals surface area contributed by atoms with E-state index < -0.39 is 36.8 Å². The van der Waals surface area contributed by atoms with Crippen molar-refractivity contribution in [2.45, 2.75) is 56.6 Å². The average molecular weight is 421 g/mol. The van der Waals surface area contributed by atoms with Crippen LogP contribution in [0.1, 0.15) is 34.7 Å². The van der Waals surface area contributed by atoms with E-state index in [1.807, 2.05) is 0 Å². The lowest BCUT2D eigenvalue weighted by atomic mass is 9.86. The summed E-state index contributed by atoms with van der Waals surface area (Å²) in [6, 6.07) is 11.7. The monoisotopic (exact) mass is 420 g/mol. The van der Waals surface area contributed by atoms with Crippen molar-refractivity contribution in [1.29, 1.82) is 0 Å². The normalized spacial score (nSPS) is 31.2. The topological polar surface area (TPSA) is 99.4 Å². The summed E-state index contributed by atoms with van der Waals surface area (Å²) in [7, 11) is 0. The van der Waals surface area contributed by atoms with Gasteiger partial charge >= 0.3 is 0 Å². The maximum atomic E-state index is 10.7. The third-order valence-corrected chi connectivity index (χ3v) is 6.30. The summed E-state index contributed by atoms with van der Waals surface area (Å²) >= 11 is 6.50. The van der Waals surface area contributed by atoms with Crippen molar-refractivity contribution in [2.24, 2.45) is 0 Å². The molecule has 0 aliphatic carbocycles. The Morgan fingerprint density at radius 3 is 2.38 bits per heavy atom. The molecule has 0 bridgehead atoms. The van der Waals surface area contributed by atoms with Gasteiger partial charge in [-0.1, -0.05) is 48.9 Å². The Balaban J connectivity index is 1.73. The first-order chi connectivity index (χ1) is 13.9. The van der Waals surface area contributed by atoms with E-state index in [0.29, 0.717) is 17.0 Å². The number of aliphatic hydroxyl groups is 4. The van der Waals surface area contributed by atoms with E-state index in [2.05, 4.69) is 31.2 Å². The van der Waals surface area contributed by atoms with Gasteiger partial charge in [0.25, 0.3) is 0 Å². The molecule has 156 valence electrons. The van der Waals surface area contributed by atoms with Gasteiger partial charge in [0, 0.05) is 10.6 Å². The predicted molar refractivity (Wildman–Crippen MR) is 107 cm³/mol. The molecule has 4 rings (SSSR count). The van der Waals surface area contributed by atoms with Crippen molar-refractivity contribution in [3.05, 3.63) is 69.2 Å². The molecule has 6 nitrogen and oxygen atoms in total. The van der Waals surface area contributed by atoms with E-state index in [4.69, 9.17) is 21.1 Å². The number of ether oxygens (including phenoxy) is 2. The van der Waals surface area contributed by atoms with Gasteiger partial charge in [0.2, 0.25) is 5.79 Å². The molecule has 0 aromatic heterocycles. The fourth-order valence-corrected chi connectivity index (χ4v) is 4.43. The van der Waals surface area contributed by atoms with Gasteiger partial charge in [-0.3, -0.25) is 0 Å². The molecule has 2 aliphatic heterocycles. The molecule has 7 heteroatoms. The molecule has 0 radical (unpaired) electrons. The van der Waals surface area contributed by atoms with E-state index in [-0.39, 0.29) is 6.61 Å². The van der Waals surface area contributed by atoms with Crippen molar-refractivity contribution < 1.29 is 29.9 Å². The second kappa shape index (κ2) is 7.96. The van der Waals surface area contributed by atoms with Crippen molar-refractivity contribution in [1.82, 2.24) is 0 Å². The van der Waals surface area contributed by atoms with E-state index in [1.165, 1.54) is 5.56 Å². The van der Waals surface area contributed by atoms with Crippen molar-refractivity contribution in [2.75, 3.05) is 6.61 Å². The Kier molecular flexibility index (Phi) is 5.70. The van der Waals surface area contributed by atoms with Crippen LogP contribution in [0.3, 0.4) is 0 Å². The minimum absolute atomic E-state index is 0.135. The van der Waals surface area contributed by atoms with Gasteiger partial charge in [-0.05, 0) is 41.2 Å². The van der Waals surface area contributed by atoms with Gasteiger partial charge in [-0.25, -0.2) is 0 Å². The highest BCUT2D eigenvalue weighted by Crippen LogP contribution is 2.47. The number of hydrogen-bond acceptors (Lipinski definition) is 6. The first kappa shape index (κ1) is 20.8. The van der Waals surface area contributed by atoms with Crippen LogP contribution in [0, 0.1) is 0 Å². The molecular formula is C22H25ClO6. The molecule has 5 atom stereocenters. The molecule has 2 aromatic carbocycles. The highest BCUT2D eigenvalue weighted by atomic mass is 35.5. The lowest BCUT2D eigenvalue weighted by Crippen LogP contribution is -2.63. The fourth-order valence-electron chi connectivity index (χ4n) is 4.18. The van der Waals surface area contributed by atoms with Crippen LogP contribution in [-0.2, 0) is 34.7 Å². The molecule has 2 heterocycles. The summed E-state index contributed by atoms with van der Waals surface area (Å²) < 4.78 is 11.7. The maximum absolute atomic E-state index is 10.7. The molecule has 0 unspecified atom stereocenters. The van der Waals surface area contributed by atoms with Crippen LogP contribution in [0.25, 0.3) is 0 Å². The van der Waals surface area contributed by atoms with Gasteiger partial charge in [0.1, 0.15) is 24.4 Å². The van der Waals surface area contributed by atoms with Crippen LogP contribution in [0.4, 0.5) is 0 Å². The third kappa shape index (κ3) is 3.39. The van der Waals surface area contributed by atoms with Crippen molar-refractivity contribution in [3.63, 3.8) is 0 Å². The number of halogens is 1. The van der Waals surface area contributed by atoms with Crippen LogP contribution in [0.2, 0.25) is 5.02 Å². The maximum Gasteiger partial charge on any atom is 0.225 e. The van der Waals surface area contributed by atoms with Gasteiger partial charge in [0.15, 0.2) is 0 Å². The molecule has 0 amide bonds. The standard InChI is InChI=1S/C22H25ClO6/c1-2-12-3-5-13(6-4-12)9-14-15-11-28-22(16(15)7-8-17(14)23)21(27)20(26)19(25)18(10-24)29-22/h3-8,18-21,24-27H,2,9-11H2,1H3/t18-,19-,20+,21-,22+/m1/s1. The number of hydrogen-bond donors (Lipinski definition) is 4. The summed E-state index contributed by atoms with van der Waals surface area (Å²) in [6.45, 7) is 1.72. The second-order valence-electron chi connectivity index (χ2n) is 7.62. The van der Waals surface area contributed by atoms with Crippen LogP contribution < -0.4 is 0 Å². The lowest BCUT2D eigenvalue weighted by molar-refractivity contribution is -0.368. The minimum Gasteiger partial charge on any atom is -0.394 e. The minimum atomic E-state index is -1.66. The highest BCUT2D eigenvalue weighted by Gasteiger charge is 2.58. The molecule has 1 fully saturated rings. The van der Waals surface area contributed by atoms with E-state index >= 15 is 0 Å². The van der Waals surface area contributed by atoms with Gasteiger partial charge < -0.3 is 29.9 Å². The number of fused-ring (bicyclic) bond motifs is 2. The van der Waals surface area contributed by atoms with Crippen LogP contribution in [-0.4, -0.2) is 51.4 Å². The zero-order valence-electron chi connectivity index (χ0n) is 16.1. The summed E-state index contributed by atoms with van der Waals surface area (Å²) in [5, 5.41) is 41.2. The van der Waals surface area contributed by atoms with Gasteiger partial charge in [-0.2, -0.15) is 0 Å². The Morgan fingerprint density at radius 1 is 1.03 bits per heavy atom. The molecular weight excluding hydrogens is 396 g/mol. The smallest absolute Gasteiger partial charge is 0.225 e. The number of rotatable bonds is 4. The van der Waals surface area contributed by atoms with E-state index in [1.54, 1.807) is 12.1 Å². The van der Waals surface area contributed by atoms with Crippen LogP contribution >= 0.6 is 11.6 Å². The highest BCUT2D eigenvalue weighted by molar-refractivity contribution is 6.31. The molecule has 29 heavy (non-hydrogen) atoms.